The molecule has 2 rings (SSSR count). The van der Waals surface area contributed by atoms with Crippen LogP contribution in [0.5, 0.6) is 0 Å². The van der Waals surface area contributed by atoms with Crippen LogP contribution in [0.3, 0.4) is 0 Å². The molecule has 0 N–H and O–H groups in total. The normalized spacial score (nSPS) is 12.0. The molecular formula is C17H27Cl3SiTi. The zero-order chi connectivity index (χ0) is 13.6. The largest absolute Gasteiger partial charge is 2.00 e. The minimum Gasteiger partial charge on any atom is -0.269 e. The van der Waals surface area contributed by atoms with E-state index in [-0.39, 0.29) is 64.4 Å². The zero-order valence-electron chi connectivity index (χ0n) is 14.0. The third-order valence-electron chi connectivity index (χ3n) is 3.07. The van der Waals surface area contributed by atoms with Gasteiger partial charge in [0.25, 0.3) is 0 Å². The van der Waals surface area contributed by atoms with E-state index >= 15 is 0 Å². The van der Waals surface area contributed by atoms with Crippen molar-refractivity contribution < 1.29 is 21.7 Å². The van der Waals surface area contributed by atoms with Crippen molar-refractivity contribution in [1.82, 2.24) is 0 Å². The van der Waals surface area contributed by atoms with Crippen LogP contribution in [0.2, 0.25) is 0 Å². The van der Waals surface area contributed by atoms with Crippen molar-refractivity contribution in [3.63, 3.8) is 0 Å². The van der Waals surface area contributed by atoms with Gasteiger partial charge in [0.2, 0.25) is 0 Å². The molecule has 0 saturated carbocycles. The Labute approximate surface area is 173 Å². The van der Waals surface area contributed by atoms with E-state index in [0.717, 1.165) is 6.42 Å². The monoisotopic (exact) mass is 412 g/mol. The van der Waals surface area contributed by atoms with E-state index in [4.69, 9.17) is 0 Å². The molecule has 0 fully saturated rings. The van der Waals surface area contributed by atoms with Gasteiger partial charge in [0, 0.05) is 0 Å². The molecule has 0 saturated heterocycles. The fraction of sp³-hybridized carbons (Fsp3) is 0.412. The fourth-order valence-corrected chi connectivity index (χ4v) is 2.59. The Bertz CT molecular complexity index is 437. The van der Waals surface area contributed by atoms with Gasteiger partial charge in [0.15, 0.2) is 0 Å². The molecule has 0 amide bonds. The first-order valence-electron chi connectivity index (χ1n) is 6.69. The van der Waals surface area contributed by atoms with Crippen molar-refractivity contribution in [1.29, 1.82) is 0 Å². The van der Waals surface area contributed by atoms with E-state index in [1.54, 1.807) is 5.20 Å². The maximum atomic E-state index is 3.31. The van der Waals surface area contributed by atoms with Crippen molar-refractivity contribution in [3.8, 4) is 0 Å². The third kappa shape index (κ3) is 11.1. The fourth-order valence-electron chi connectivity index (χ4n) is 1.85. The zero-order valence-corrected chi connectivity index (χ0v) is 20.0. The van der Waals surface area contributed by atoms with Crippen LogP contribution in [-0.2, 0) is 27.1 Å². The Balaban J connectivity index is -0.000000126. The molecule has 1 aromatic carbocycles. The number of halogens is 3. The summed E-state index contributed by atoms with van der Waals surface area (Å²) >= 11 is 0. The summed E-state index contributed by atoms with van der Waals surface area (Å²) in [6, 6.07) is 11.3. The predicted octanol–water partition coefficient (Wildman–Crippen LogP) is 4.83. The molecule has 124 valence electrons. The number of hydrogen-bond acceptors (Lipinski definition) is 0. The predicted molar refractivity (Wildman–Crippen MR) is 105 cm³/mol. The number of benzene rings is 1. The molecule has 0 heterocycles. The minimum absolute atomic E-state index is 0. The second-order valence-electron chi connectivity index (χ2n) is 5.63. The molecule has 1 aliphatic carbocycles. The van der Waals surface area contributed by atoms with Crippen molar-refractivity contribution >= 4 is 47.5 Å². The Morgan fingerprint density at radius 3 is 1.95 bits per heavy atom. The third-order valence-corrected chi connectivity index (χ3v) is 4.08. The van der Waals surface area contributed by atoms with Gasteiger partial charge in [-0.15, -0.1) is 43.6 Å². The summed E-state index contributed by atoms with van der Waals surface area (Å²) < 4.78 is 0. The number of allylic oxidation sites excluding steroid dienone is 4. The average molecular weight is 414 g/mol. The van der Waals surface area contributed by atoms with Gasteiger partial charge in [0.1, 0.15) is 0 Å². The van der Waals surface area contributed by atoms with E-state index in [0.29, 0.717) is 0 Å². The van der Waals surface area contributed by atoms with Crippen LogP contribution in [0.4, 0.5) is 0 Å². The first-order valence-corrected chi connectivity index (χ1v) is 7.69. The van der Waals surface area contributed by atoms with Gasteiger partial charge in [-0.1, -0.05) is 34.1 Å². The van der Waals surface area contributed by atoms with Crippen LogP contribution < -0.4 is 0 Å². The summed E-state index contributed by atoms with van der Waals surface area (Å²) in [4.78, 5) is 0. The number of hydrogen-bond donors (Lipinski definition) is 0. The summed E-state index contributed by atoms with van der Waals surface area (Å²) in [6.07, 6.45) is 7.84. The molecule has 0 radical (unpaired) electrons. The van der Waals surface area contributed by atoms with E-state index in [9.17, 15) is 0 Å². The summed E-state index contributed by atoms with van der Waals surface area (Å²) in [7, 11) is 1.21. The van der Waals surface area contributed by atoms with Gasteiger partial charge < -0.3 is 0 Å². The summed E-state index contributed by atoms with van der Waals surface area (Å²) in [5.74, 6) is 0. The van der Waals surface area contributed by atoms with Gasteiger partial charge in [-0.2, -0.15) is 42.0 Å². The van der Waals surface area contributed by atoms with Gasteiger partial charge in [0.05, 0.1) is 0 Å². The Morgan fingerprint density at radius 2 is 1.73 bits per heavy atom. The van der Waals surface area contributed by atoms with Gasteiger partial charge >= 0.3 is 21.7 Å². The quantitative estimate of drug-likeness (QED) is 0.457. The van der Waals surface area contributed by atoms with E-state index < -0.39 is 0 Å². The van der Waals surface area contributed by atoms with Crippen molar-refractivity contribution in [2.45, 2.75) is 46.0 Å². The SMILES string of the molecule is CC(C)(C)c1[c-]cccc1.CCC1=[C-]CC=C1[SiH3].Cl.Cl.Cl.[Ti+2]. The molecule has 0 atom stereocenters. The molecule has 0 aliphatic heterocycles. The van der Waals surface area contributed by atoms with Gasteiger partial charge in [-0.3, -0.25) is 6.08 Å². The molecule has 0 unspecified atom stereocenters. The summed E-state index contributed by atoms with van der Waals surface area (Å²) in [5, 5.41) is 1.56. The van der Waals surface area contributed by atoms with E-state index in [1.807, 2.05) is 12.1 Å². The Kier molecular flexibility index (Phi) is 20.8. The second-order valence-corrected chi connectivity index (χ2v) is 6.70. The molecule has 0 nitrogen and oxygen atoms in total. The second kappa shape index (κ2) is 15.1. The Morgan fingerprint density at radius 1 is 1.14 bits per heavy atom. The molecule has 5 heteroatoms. The molecule has 1 aliphatic rings. The summed E-state index contributed by atoms with van der Waals surface area (Å²) in [6.45, 7) is 8.77. The van der Waals surface area contributed by atoms with E-state index in [2.05, 4.69) is 58.0 Å². The molecule has 0 spiro atoms. The molecule has 0 bridgehead atoms. The molecule has 0 aromatic heterocycles. The first-order chi connectivity index (χ1) is 8.45. The maximum absolute atomic E-state index is 3.31. The topological polar surface area (TPSA) is 0 Å². The van der Waals surface area contributed by atoms with Crippen LogP contribution in [0.15, 0.2) is 41.1 Å². The van der Waals surface area contributed by atoms with Gasteiger partial charge in [-0.05, 0) is 15.7 Å². The van der Waals surface area contributed by atoms with Crippen molar-refractivity contribution in [3.05, 3.63) is 58.8 Å². The molecule has 22 heavy (non-hydrogen) atoms. The number of rotatable bonds is 1. The first kappa shape index (κ1) is 30.4. The Hall–Kier alpha value is 0.501. The molecule has 1 aromatic rings. The standard InChI is InChI=1S/C10H13.C7H11Si.3ClH.Ti/c1-10(2,3)9-7-5-4-6-8-9;1-2-6-4-3-5-7(6)8;;;;/h4-7H,1-3H3;5H,2-3H2,1,8H3;3*1H;/q2*-1;;;;+2. The maximum Gasteiger partial charge on any atom is 2.00 e. The van der Waals surface area contributed by atoms with E-state index in [1.165, 1.54) is 27.8 Å². The van der Waals surface area contributed by atoms with Crippen LogP contribution in [-0.4, -0.2) is 10.2 Å². The van der Waals surface area contributed by atoms with Gasteiger partial charge in [-0.25, -0.2) is 10.8 Å². The molecular weight excluding hydrogens is 386 g/mol. The minimum atomic E-state index is 0. The van der Waals surface area contributed by atoms with Crippen LogP contribution in [0.25, 0.3) is 0 Å². The van der Waals surface area contributed by atoms with Crippen LogP contribution >= 0.6 is 37.2 Å². The van der Waals surface area contributed by atoms with Crippen LogP contribution in [0.1, 0.15) is 46.1 Å². The van der Waals surface area contributed by atoms with Crippen molar-refractivity contribution in [2.24, 2.45) is 0 Å². The average Bonchev–Trinajstić information content (AvgIpc) is 2.76. The van der Waals surface area contributed by atoms with Crippen LogP contribution in [0, 0.1) is 12.1 Å². The summed E-state index contributed by atoms with van der Waals surface area (Å²) in [5.41, 5.74) is 2.98. The smallest absolute Gasteiger partial charge is 0.269 e. The van der Waals surface area contributed by atoms with Crippen molar-refractivity contribution in [2.75, 3.05) is 0 Å².